The quantitative estimate of drug-likeness (QED) is 0.443. The Labute approximate surface area is 208 Å². The number of anilines is 2. The van der Waals surface area contributed by atoms with Gasteiger partial charge in [0.2, 0.25) is 5.65 Å². The molecule has 4 aromatic rings. The minimum Gasteiger partial charge on any atom is -0.388 e. The summed E-state index contributed by atoms with van der Waals surface area (Å²) >= 11 is 0. The number of likely N-dealkylation sites (tertiary alicyclic amines) is 2. The van der Waals surface area contributed by atoms with Crippen molar-refractivity contribution >= 4 is 34.1 Å². The number of hydrogen-bond donors (Lipinski definition) is 2. The first kappa shape index (κ1) is 22.8. The zero-order chi connectivity index (χ0) is 24.5. The predicted molar refractivity (Wildman–Crippen MR) is 136 cm³/mol. The fraction of sp³-hybridized carbons (Fsp3) is 0.423. The van der Waals surface area contributed by atoms with Crippen molar-refractivity contribution < 1.29 is 9.90 Å². The van der Waals surface area contributed by atoms with E-state index in [1.54, 1.807) is 4.52 Å². The van der Waals surface area contributed by atoms with Crippen molar-refractivity contribution in [3.05, 3.63) is 54.1 Å². The van der Waals surface area contributed by atoms with E-state index in [2.05, 4.69) is 30.7 Å². The molecule has 0 atom stereocenters. The smallest absolute Gasteiger partial charge is 0.253 e. The Bertz CT molecular complexity index is 1370. The van der Waals surface area contributed by atoms with Crippen LogP contribution in [0.1, 0.15) is 42.5 Å². The highest BCUT2D eigenvalue weighted by atomic mass is 16.3. The molecule has 0 radical (unpaired) electrons. The molecule has 4 heterocycles. The molecule has 2 saturated heterocycles. The summed E-state index contributed by atoms with van der Waals surface area (Å²) in [5, 5.41) is 26.4. The molecule has 2 aromatic heterocycles. The van der Waals surface area contributed by atoms with E-state index in [0.717, 1.165) is 29.8 Å². The predicted octanol–water partition coefficient (Wildman–Crippen LogP) is 2.87. The van der Waals surface area contributed by atoms with Crippen LogP contribution in [0.4, 0.5) is 11.5 Å². The maximum absolute atomic E-state index is 13.1. The van der Waals surface area contributed by atoms with Gasteiger partial charge < -0.3 is 20.2 Å². The lowest BCUT2D eigenvalue weighted by atomic mass is 9.90. The van der Waals surface area contributed by atoms with Gasteiger partial charge in [-0.2, -0.15) is 4.52 Å². The number of rotatable bonds is 5. The fourth-order valence-electron chi connectivity index (χ4n) is 5.32. The fourth-order valence-corrected chi connectivity index (χ4v) is 5.32. The zero-order valence-electron chi connectivity index (χ0n) is 20.2. The second kappa shape index (κ2) is 9.44. The van der Waals surface area contributed by atoms with Crippen LogP contribution in [0.5, 0.6) is 0 Å². The van der Waals surface area contributed by atoms with Crippen molar-refractivity contribution in [1.29, 1.82) is 0 Å². The number of carbonyl (C=O) groups excluding carboxylic acids is 1. The second-order valence-corrected chi connectivity index (χ2v) is 9.92. The molecule has 186 valence electrons. The number of hydrogen-bond acceptors (Lipinski definition) is 8. The van der Waals surface area contributed by atoms with Gasteiger partial charge in [0.05, 0.1) is 16.6 Å². The Morgan fingerprint density at radius 2 is 1.72 bits per heavy atom. The van der Waals surface area contributed by atoms with E-state index < -0.39 is 5.60 Å². The normalized spacial score (nSPS) is 18.5. The molecule has 0 bridgehead atoms. The first-order chi connectivity index (χ1) is 17.6. The Kier molecular flexibility index (Phi) is 5.98. The van der Waals surface area contributed by atoms with Crippen LogP contribution >= 0.6 is 0 Å². The molecule has 2 aliphatic heterocycles. The third-order valence-electron chi connectivity index (χ3n) is 7.37. The Morgan fingerprint density at radius 1 is 0.972 bits per heavy atom. The van der Waals surface area contributed by atoms with Crippen molar-refractivity contribution in [3.63, 3.8) is 0 Å². The minimum atomic E-state index is -0.698. The van der Waals surface area contributed by atoms with Gasteiger partial charge in [-0.1, -0.05) is 18.6 Å². The topological polar surface area (TPSA) is 112 Å². The number of nitrogens with zero attached hydrogens (tertiary/aromatic N) is 7. The Morgan fingerprint density at radius 3 is 2.50 bits per heavy atom. The van der Waals surface area contributed by atoms with Crippen LogP contribution in [0, 0.1) is 0 Å². The van der Waals surface area contributed by atoms with Crippen LogP contribution < -0.4 is 5.32 Å². The van der Waals surface area contributed by atoms with E-state index in [0.29, 0.717) is 49.5 Å². The molecule has 1 amide bonds. The van der Waals surface area contributed by atoms with Crippen LogP contribution in [0.15, 0.2) is 48.5 Å². The molecular formula is C26H30N8O2. The number of amides is 1. The molecule has 2 N–H and O–H groups in total. The molecule has 10 heteroatoms. The maximum atomic E-state index is 13.1. The molecule has 2 aliphatic rings. The molecule has 36 heavy (non-hydrogen) atoms. The summed E-state index contributed by atoms with van der Waals surface area (Å²) in [5.41, 5.74) is 2.84. The Balaban J connectivity index is 1.11. The van der Waals surface area contributed by atoms with Crippen molar-refractivity contribution in [2.24, 2.45) is 0 Å². The minimum absolute atomic E-state index is 0.00514. The molecule has 0 unspecified atom stereocenters. The second-order valence-electron chi connectivity index (χ2n) is 9.92. The molecular weight excluding hydrogens is 456 g/mol. The number of piperidine rings is 2. The summed E-state index contributed by atoms with van der Waals surface area (Å²) < 4.78 is 1.66. The van der Waals surface area contributed by atoms with Gasteiger partial charge >= 0.3 is 0 Å². The third-order valence-corrected chi connectivity index (χ3v) is 7.37. The largest absolute Gasteiger partial charge is 0.388 e. The van der Waals surface area contributed by atoms with Gasteiger partial charge in [0, 0.05) is 30.9 Å². The molecule has 0 saturated carbocycles. The monoisotopic (exact) mass is 486 g/mol. The lowest BCUT2D eigenvalue weighted by Crippen LogP contribution is -2.52. The number of benzene rings is 2. The number of aromatic nitrogens is 5. The number of β-amino-alcohol motifs (C(OH)–C–C–N with tert-alkyl or cyclic N) is 1. The Hall–Kier alpha value is -3.63. The van der Waals surface area contributed by atoms with Crippen LogP contribution in [-0.4, -0.2) is 84.2 Å². The van der Waals surface area contributed by atoms with Crippen LogP contribution in [-0.2, 0) is 0 Å². The summed E-state index contributed by atoms with van der Waals surface area (Å²) in [4.78, 5) is 22.0. The van der Waals surface area contributed by atoms with Crippen molar-refractivity contribution in [2.45, 2.75) is 37.7 Å². The summed E-state index contributed by atoms with van der Waals surface area (Å²) in [7, 11) is 0. The first-order valence-corrected chi connectivity index (χ1v) is 12.7. The van der Waals surface area contributed by atoms with E-state index in [1.807, 2.05) is 53.4 Å². The van der Waals surface area contributed by atoms with E-state index in [-0.39, 0.29) is 5.91 Å². The van der Waals surface area contributed by atoms with Gasteiger partial charge in [0.25, 0.3) is 5.91 Å². The molecule has 6 rings (SSSR count). The van der Waals surface area contributed by atoms with Crippen LogP contribution in [0.3, 0.4) is 0 Å². The van der Waals surface area contributed by atoms with Crippen LogP contribution in [0.25, 0.3) is 16.7 Å². The van der Waals surface area contributed by atoms with Crippen LogP contribution in [0.2, 0.25) is 0 Å². The van der Waals surface area contributed by atoms with Gasteiger partial charge in [0.1, 0.15) is 0 Å². The average Bonchev–Trinajstić information content (AvgIpc) is 3.41. The van der Waals surface area contributed by atoms with E-state index in [1.165, 1.54) is 19.3 Å². The maximum Gasteiger partial charge on any atom is 0.253 e. The molecule has 10 nitrogen and oxygen atoms in total. The molecule has 2 fully saturated rings. The van der Waals surface area contributed by atoms with Gasteiger partial charge in [-0.25, -0.2) is 4.98 Å². The summed E-state index contributed by atoms with van der Waals surface area (Å²) in [6, 6.07) is 15.0. The average molecular weight is 487 g/mol. The summed E-state index contributed by atoms with van der Waals surface area (Å²) in [6.07, 6.45) is 4.94. The van der Waals surface area contributed by atoms with E-state index in [4.69, 9.17) is 0 Å². The van der Waals surface area contributed by atoms with Crippen molar-refractivity contribution in [1.82, 2.24) is 34.8 Å². The molecule has 2 aromatic carbocycles. The van der Waals surface area contributed by atoms with Gasteiger partial charge in [0.15, 0.2) is 5.82 Å². The zero-order valence-corrected chi connectivity index (χ0v) is 20.2. The number of carbonyl (C=O) groups is 1. The lowest BCUT2D eigenvalue weighted by Gasteiger charge is -2.41. The third kappa shape index (κ3) is 4.49. The van der Waals surface area contributed by atoms with E-state index >= 15 is 0 Å². The summed E-state index contributed by atoms with van der Waals surface area (Å²) in [6.45, 7) is 4.00. The van der Waals surface area contributed by atoms with Crippen molar-refractivity contribution in [3.8, 4) is 0 Å². The number of para-hydroxylation sites is 2. The number of nitrogens with one attached hydrogen (secondary N) is 1. The van der Waals surface area contributed by atoms with Gasteiger partial charge in [-0.15, -0.1) is 5.10 Å². The number of tetrazole rings is 1. The number of aliphatic hydroxyl groups is 1. The van der Waals surface area contributed by atoms with Gasteiger partial charge in [-0.05, 0) is 85.6 Å². The standard InChI is InChI=1S/C26H30N8O2/c35-25(33-16-12-26(36,13-17-33)18-32-14-4-1-5-15-32)19-8-10-20(11-9-19)27-23-24-29-30-31-34(24)22-7-3-2-6-21(22)28-23/h2-3,6-11,36H,1,4-5,12-18H2,(H,27,28). The number of fused-ring (bicyclic) bond motifs is 3. The highest BCUT2D eigenvalue weighted by Gasteiger charge is 2.35. The highest BCUT2D eigenvalue weighted by molar-refractivity contribution is 5.95. The lowest BCUT2D eigenvalue weighted by molar-refractivity contribution is -0.0434. The molecule has 0 aliphatic carbocycles. The first-order valence-electron chi connectivity index (χ1n) is 12.7. The van der Waals surface area contributed by atoms with Crippen molar-refractivity contribution in [2.75, 3.05) is 38.0 Å². The van der Waals surface area contributed by atoms with Gasteiger partial charge in [-0.3, -0.25) is 4.79 Å². The van der Waals surface area contributed by atoms with E-state index in [9.17, 15) is 9.90 Å². The highest BCUT2D eigenvalue weighted by Crippen LogP contribution is 2.27. The SMILES string of the molecule is O=C(c1ccc(Nc2nc3ccccc3n3nnnc23)cc1)N1CCC(O)(CN2CCCCC2)CC1. The summed E-state index contributed by atoms with van der Waals surface area (Å²) in [5.74, 6) is 0.538. The molecule has 0 spiro atoms.